The molecule has 2 atom stereocenters. The molecule has 0 aromatic heterocycles. The molecule has 1 amide bonds. The van der Waals surface area contributed by atoms with E-state index in [-0.39, 0.29) is 11.9 Å². The van der Waals surface area contributed by atoms with Gasteiger partial charge in [-0.2, -0.15) is 0 Å². The van der Waals surface area contributed by atoms with Crippen LogP contribution >= 0.6 is 15.9 Å². The van der Waals surface area contributed by atoms with Gasteiger partial charge in [0.05, 0.1) is 24.8 Å². The molecule has 1 saturated carbocycles. The first-order valence-corrected chi connectivity index (χ1v) is 8.65. The first-order valence-electron chi connectivity index (χ1n) is 7.86. The number of carbonyl (C=O) groups excluding carboxylic acids is 1. The number of ether oxygens (including phenoxy) is 1. The predicted molar refractivity (Wildman–Crippen MR) is 93.9 cm³/mol. The Hall–Kier alpha value is -1.59. The van der Waals surface area contributed by atoms with E-state index >= 15 is 0 Å². The molecule has 0 heterocycles. The average Bonchev–Trinajstić information content (AvgIpc) is 2.57. The van der Waals surface area contributed by atoms with Gasteiger partial charge in [-0.1, -0.05) is 53.0 Å². The van der Waals surface area contributed by atoms with Crippen molar-refractivity contribution in [2.45, 2.75) is 37.8 Å². The largest absolute Gasteiger partial charge is 0.495 e. The van der Waals surface area contributed by atoms with E-state index in [4.69, 9.17) is 4.74 Å². The number of hydrogen-bond acceptors (Lipinski definition) is 3. The molecule has 1 aliphatic carbocycles. The maximum Gasteiger partial charge on any atom is 0.255 e. The summed E-state index contributed by atoms with van der Waals surface area (Å²) in [5.74, 6) is 0.353. The van der Waals surface area contributed by atoms with Crippen LogP contribution in [0, 0.1) is 0 Å². The van der Waals surface area contributed by atoms with Crippen molar-refractivity contribution in [1.82, 2.24) is 5.32 Å². The number of fused-ring (bicyclic) bond motifs is 1. The van der Waals surface area contributed by atoms with Crippen LogP contribution in [0.4, 0.5) is 0 Å². The third-order valence-electron chi connectivity index (χ3n) is 4.44. The summed E-state index contributed by atoms with van der Waals surface area (Å²) < 4.78 is 6.36. The van der Waals surface area contributed by atoms with Crippen molar-refractivity contribution < 1.29 is 14.6 Å². The summed E-state index contributed by atoms with van der Waals surface area (Å²) in [5.41, 5.74) is 0.482. The molecular formula is C18H20BrNO3. The molecule has 2 aromatic rings. The van der Waals surface area contributed by atoms with Crippen LogP contribution in [-0.2, 0) is 0 Å². The van der Waals surface area contributed by atoms with Gasteiger partial charge in [0, 0.05) is 9.86 Å². The van der Waals surface area contributed by atoms with Crippen molar-refractivity contribution in [3.05, 3.63) is 40.4 Å². The number of carbonyl (C=O) groups is 1. The van der Waals surface area contributed by atoms with Crippen LogP contribution in [0.3, 0.4) is 0 Å². The van der Waals surface area contributed by atoms with Gasteiger partial charge in [-0.25, -0.2) is 0 Å². The minimum Gasteiger partial charge on any atom is -0.495 e. The summed E-state index contributed by atoms with van der Waals surface area (Å²) in [6.07, 6.45) is 3.12. The maximum absolute atomic E-state index is 12.7. The van der Waals surface area contributed by atoms with Gasteiger partial charge in [0.2, 0.25) is 0 Å². The van der Waals surface area contributed by atoms with Gasteiger partial charge in [-0.3, -0.25) is 4.79 Å². The Morgan fingerprint density at radius 1 is 1.26 bits per heavy atom. The SMILES string of the molecule is COc1c(C(=O)N[C@H]2CCCC[C@@H]2O)cc(Br)c2ccccc12. The predicted octanol–water partition coefficient (Wildman–Crippen LogP) is 3.64. The van der Waals surface area contributed by atoms with Crippen LogP contribution in [0.2, 0.25) is 0 Å². The van der Waals surface area contributed by atoms with Crippen molar-refractivity contribution in [3.63, 3.8) is 0 Å². The number of halogens is 1. The molecule has 2 N–H and O–H groups in total. The fraction of sp³-hybridized carbons (Fsp3) is 0.389. The Morgan fingerprint density at radius 2 is 1.96 bits per heavy atom. The van der Waals surface area contributed by atoms with Gasteiger partial charge in [0.15, 0.2) is 0 Å². The molecule has 0 unspecified atom stereocenters. The highest BCUT2D eigenvalue weighted by molar-refractivity contribution is 9.10. The molecule has 23 heavy (non-hydrogen) atoms. The summed E-state index contributed by atoms with van der Waals surface area (Å²) in [5, 5.41) is 14.9. The quantitative estimate of drug-likeness (QED) is 0.858. The second kappa shape index (κ2) is 6.89. The maximum atomic E-state index is 12.7. The zero-order valence-corrected chi connectivity index (χ0v) is 14.6. The standard InChI is InChI=1S/C18H20BrNO3/c1-23-17-12-7-3-2-6-11(12)14(19)10-13(17)18(22)20-15-8-4-5-9-16(15)21/h2-3,6-7,10,15-16,21H,4-5,8-9H2,1H3,(H,20,22)/t15-,16-/m0/s1. The van der Waals surface area contributed by atoms with E-state index in [0.717, 1.165) is 40.9 Å². The minimum atomic E-state index is -0.470. The highest BCUT2D eigenvalue weighted by atomic mass is 79.9. The normalized spacial score (nSPS) is 21.2. The number of nitrogens with one attached hydrogen (secondary N) is 1. The summed E-state index contributed by atoms with van der Waals surface area (Å²) in [7, 11) is 1.57. The zero-order valence-electron chi connectivity index (χ0n) is 13.0. The molecule has 4 nitrogen and oxygen atoms in total. The van der Waals surface area contributed by atoms with E-state index in [0.29, 0.717) is 11.3 Å². The van der Waals surface area contributed by atoms with Crippen molar-refractivity contribution in [2.75, 3.05) is 7.11 Å². The number of methoxy groups -OCH3 is 1. The van der Waals surface area contributed by atoms with Crippen molar-refractivity contribution in [2.24, 2.45) is 0 Å². The van der Waals surface area contributed by atoms with E-state index in [1.807, 2.05) is 24.3 Å². The molecule has 1 fully saturated rings. The van der Waals surface area contributed by atoms with Gasteiger partial charge < -0.3 is 15.2 Å². The molecule has 3 rings (SSSR count). The van der Waals surface area contributed by atoms with Crippen molar-refractivity contribution in [1.29, 1.82) is 0 Å². The first kappa shape index (κ1) is 16.3. The Bertz CT molecular complexity index is 732. The number of aliphatic hydroxyl groups is 1. The Kier molecular flexibility index (Phi) is 4.87. The molecular weight excluding hydrogens is 358 g/mol. The third kappa shape index (κ3) is 3.21. The zero-order chi connectivity index (χ0) is 16.4. The average molecular weight is 378 g/mol. The highest BCUT2D eigenvalue weighted by Crippen LogP contribution is 2.35. The molecule has 122 valence electrons. The molecule has 0 spiro atoms. The third-order valence-corrected chi connectivity index (χ3v) is 5.10. The Labute approximate surface area is 144 Å². The lowest BCUT2D eigenvalue weighted by molar-refractivity contribution is 0.0715. The molecule has 0 aliphatic heterocycles. The molecule has 0 radical (unpaired) electrons. The van der Waals surface area contributed by atoms with E-state index in [9.17, 15) is 9.90 Å². The van der Waals surface area contributed by atoms with Crippen molar-refractivity contribution >= 4 is 32.6 Å². The fourth-order valence-electron chi connectivity index (χ4n) is 3.22. The van der Waals surface area contributed by atoms with Crippen LogP contribution in [0.25, 0.3) is 10.8 Å². The lowest BCUT2D eigenvalue weighted by Gasteiger charge is -2.28. The molecule has 0 bridgehead atoms. The number of rotatable bonds is 3. The number of aliphatic hydroxyl groups excluding tert-OH is 1. The fourth-order valence-corrected chi connectivity index (χ4v) is 3.79. The summed E-state index contributed by atoms with van der Waals surface area (Å²) in [6.45, 7) is 0. The lowest BCUT2D eigenvalue weighted by atomic mass is 9.92. The molecule has 1 aliphatic rings. The first-order chi connectivity index (χ1) is 11.1. The summed E-state index contributed by atoms with van der Waals surface area (Å²) >= 11 is 3.53. The van der Waals surface area contributed by atoms with Gasteiger partial charge in [0.1, 0.15) is 5.75 Å². The number of benzene rings is 2. The van der Waals surface area contributed by atoms with Crippen LogP contribution in [-0.4, -0.2) is 30.3 Å². The van der Waals surface area contributed by atoms with E-state index < -0.39 is 6.10 Å². The van der Waals surface area contributed by atoms with E-state index in [2.05, 4.69) is 21.2 Å². The van der Waals surface area contributed by atoms with Gasteiger partial charge in [-0.05, 0) is 24.3 Å². The Morgan fingerprint density at radius 3 is 2.65 bits per heavy atom. The second-order valence-electron chi connectivity index (χ2n) is 5.92. The Balaban J connectivity index is 1.96. The number of amides is 1. The molecule has 2 aromatic carbocycles. The van der Waals surface area contributed by atoms with Gasteiger partial charge in [0.25, 0.3) is 5.91 Å². The van der Waals surface area contributed by atoms with Gasteiger partial charge >= 0.3 is 0 Å². The van der Waals surface area contributed by atoms with Gasteiger partial charge in [-0.15, -0.1) is 0 Å². The molecule has 0 saturated heterocycles. The molecule has 5 heteroatoms. The van der Waals surface area contributed by atoms with Crippen LogP contribution in [0.1, 0.15) is 36.0 Å². The minimum absolute atomic E-state index is 0.189. The van der Waals surface area contributed by atoms with E-state index in [1.54, 1.807) is 13.2 Å². The van der Waals surface area contributed by atoms with Crippen LogP contribution in [0.15, 0.2) is 34.8 Å². The second-order valence-corrected chi connectivity index (χ2v) is 6.77. The number of hydrogen-bond donors (Lipinski definition) is 2. The van der Waals surface area contributed by atoms with Crippen LogP contribution in [0.5, 0.6) is 5.75 Å². The highest BCUT2D eigenvalue weighted by Gasteiger charge is 2.26. The lowest BCUT2D eigenvalue weighted by Crippen LogP contribution is -2.45. The van der Waals surface area contributed by atoms with Crippen molar-refractivity contribution in [3.8, 4) is 5.75 Å². The topological polar surface area (TPSA) is 58.6 Å². The summed E-state index contributed by atoms with van der Waals surface area (Å²) in [4.78, 5) is 12.7. The smallest absolute Gasteiger partial charge is 0.255 e. The monoisotopic (exact) mass is 377 g/mol. The van der Waals surface area contributed by atoms with E-state index in [1.165, 1.54) is 0 Å². The summed E-state index contributed by atoms with van der Waals surface area (Å²) in [6, 6.07) is 9.38. The van der Waals surface area contributed by atoms with Crippen LogP contribution < -0.4 is 10.1 Å².